The highest BCUT2D eigenvalue weighted by Crippen LogP contribution is 2.35. The zero-order valence-corrected chi connectivity index (χ0v) is 13.1. The third kappa shape index (κ3) is 2.76. The molecule has 0 unspecified atom stereocenters. The highest BCUT2D eigenvalue weighted by Gasteiger charge is 2.51. The molecule has 122 valence electrons. The number of carbonyl (C=O) groups is 2. The Hall–Kier alpha value is -3.08. The summed E-state index contributed by atoms with van der Waals surface area (Å²) < 4.78 is 10.4. The molecule has 2 aromatic rings. The fraction of sp³-hybridized carbons (Fsp3) is 0.158. The molecule has 0 amide bonds. The van der Waals surface area contributed by atoms with E-state index in [9.17, 15) is 9.59 Å². The number of hydrogen-bond donors (Lipinski definition) is 1. The standard InChI is InChI=1S/C19H17NO4/c1-23-18(22)19(14-8-4-2-5-9-14,16-12-13-17(21)24-16)20-15-10-6-3-7-11-15/h2-13,16,20H,1H3/t16-,19+/m1/s1. The molecular weight excluding hydrogens is 306 g/mol. The number of methoxy groups -OCH3 is 1. The van der Waals surface area contributed by atoms with Crippen LogP contribution in [0.2, 0.25) is 0 Å². The molecular formula is C19H17NO4. The predicted octanol–water partition coefficient (Wildman–Crippen LogP) is 2.65. The van der Waals surface area contributed by atoms with Gasteiger partial charge in [-0.25, -0.2) is 9.59 Å². The molecule has 2 aromatic carbocycles. The van der Waals surface area contributed by atoms with Crippen LogP contribution in [0.5, 0.6) is 0 Å². The predicted molar refractivity (Wildman–Crippen MR) is 89.2 cm³/mol. The number of rotatable bonds is 5. The van der Waals surface area contributed by atoms with Gasteiger partial charge in [0.1, 0.15) is 0 Å². The van der Waals surface area contributed by atoms with Crippen molar-refractivity contribution in [2.24, 2.45) is 0 Å². The zero-order valence-electron chi connectivity index (χ0n) is 13.1. The van der Waals surface area contributed by atoms with Crippen LogP contribution in [-0.4, -0.2) is 25.2 Å². The molecule has 1 aliphatic heterocycles. The quantitative estimate of drug-likeness (QED) is 0.857. The summed E-state index contributed by atoms with van der Waals surface area (Å²) in [5.41, 5.74) is -0.0202. The molecule has 0 saturated carbocycles. The number of nitrogens with one attached hydrogen (secondary N) is 1. The van der Waals surface area contributed by atoms with E-state index in [0.717, 1.165) is 0 Å². The van der Waals surface area contributed by atoms with E-state index in [1.165, 1.54) is 13.2 Å². The summed E-state index contributed by atoms with van der Waals surface area (Å²) in [5.74, 6) is -1.03. The van der Waals surface area contributed by atoms with Crippen LogP contribution >= 0.6 is 0 Å². The minimum Gasteiger partial charge on any atom is -0.467 e. The lowest BCUT2D eigenvalue weighted by Gasteiger charge is -2.36. The molecule has 0 radical (unpaired) electrons. The smallest absolute Gasteiger partial charge is 0.340 e. The Morgan fingerprint density at radius 2 is 1.71 bits per heavy atom. The Balaban J connectivity index is 2.14. The van der Waals surface area contributed by atoms with Gasteiger partial charge in [-0.2, -0.15) is 0 Å². The molecule has 5 heteroatoms. The zero-order chi connectivity index (χ0) is 17.0. The third-order valence-corrected chi connectivity index (χ3v) is 3.93. The number of anilines is 1. The Morgan fingerprint density at radius 1 is 1.08 bits per heavy atom. The maximum Gasteiger partial charge on any atom is 0.340 e. The Bertz CT molecular complexity index is 757. The van der Waals surface area contributed by atoms with Gasteiger partial charge < -0.3 is 14.8 Å². The van der Waals surface area contributed by atoms with Gasteiger partial charge in [0, 0.05) is 11.8 Å². The van der Waals surface area contributed by atoms with Crippen molar-refractivity contribution in [3.63, 3.8) is 0 Å². The van der Waals surface area contributed by atoms with Gasteiger partial charge >= 0.3 is 11.9 Å². The largest absolute Gasteiger partial charge is 0.467 e. The molecule has 3 rings (SSSR count). The van der Waals surface area contributed by atoms with E-state index < -0.39 is 23.6 Å². The van der Waals surface area contributed by atoms with Crippen LogP contribution in [0.3, 0.4) is 0 Å². The number of carbonyl (C=O) groups excluding carboxylic acids is 2. The van der Waals surface area contributed by atoms with Gasteiger partial charge in [-0.3, -0.25) is 0 Å². The molecule has 5 nitrogen and oxygen atoms in total. The summed E-state index contributed by atoms with van der Waals surface area (Å²) in [7, 11) is 1.31. The first kappa shape index (κ1) is 15.8. The summed E-state index contributed by atoms with van der Waals surface area (Å²) in [6.45, 7) is 0. The lowest BCUT2D eigenvalue weighted by molar-refractivity contribution is -0.154. The van der Waals surface area contributed by atoms with Crippen LogP contribution < -0.4 is 5.32 Å². The van der Waals surface area contributed by atoms with Crippen molar-refractivity contribution in [2.45, 2.75) is 11.6 Å². The van der Waals surface area contributed by atoms with E-state index in [4.69, 9.17) is 9.47 Å². The number of cyclic esters (lactones) is 1. The first-order valence-electron chi connectivity index (χ1n) is 7.53. The normalized spacial score (nSPS) is 18.5. The fourth-order valence-electron chi connectivity index (χ4n) is 2.81. The molecule has 1 aliphatic rings. The van der Waals surface area contributed by atoms with Crippen LogP contribution in [0, 0.1) is 0 Å². The second-order valence-electron chi connectivity index (χ2n) is 5.37. The van der Waals surface area contributed by atoms with Crippen LogP contribution in [0.4, 0.5) is 5.69 Å². The molecule has 0 fully saturated rings. The van der Waals surface area contributed by atoms with Crippen LogP contribution in [-0.2, 0) is 24.6 Å². The summed E-state index contributed by atoms with van der Waals surface area (Å²) in [4.78, 5) is 24.4. The van der Waals surface area contributed by atoms with E-state index >= 15 is 0 Å². The molecule has 1 heterocycles. The number of esters is 2. The van der Waals surface area contributed by atoms with Crippen molar-refractivity contribution in [2.75, 3.05) is 12.4 Å². The van der Waals surface area contributed by atoms with Gasteiger partial charge in [-0.05, 0) is 23.8 Å². The number of para-hydroxylation sites is 1. The summed E-state index contributed by atoms with van der Waals surface area (Å²) in [6.07, 6.45) is 2.07. The van der Waals surface area contributed by atoms with Gasteiger partial charge in [-0.15, -0.1) is 0 Å². The maximum atomic E-state index is 12.8. The highest BCUT2D eigenvalue weighted by atomic mass is 16.6. The number of ether oxygens (including phenoxy) is 2. The molecule has 0 bridgehead atoms. The second kappa shape index (κ2) is 6.58. The SMILES string of the molecule is COC(=O)[C@](Nc1ccccc1)(c1ccccc1)[C@H]1C=CC(=O)O1. The molecule has 24 heavy (non-hydrogen) atoms. The summed E-state index contributed by atoms with van der Waals surface area (Å²) in [6, 6.07) is 18.3. The molecule has 2 atom stereocenters. The molecule has 0 saturated heterocycles. The monoisotopic (exact) mass is 323 g/mol. The van der Waals surface area contributed by atoms with Gasteiger partial charge in [0.05, 0.1) is 7.11 Å². The van der Waals surface area contributed by atoms with Crippen molar-refractivity contribution < 1.29 is 19.1 Å². The Labute approximate surface area is 139 Å². The fourth-order valence-corrected chi connectivity index (χ4v) is 2.81. The average Bonchev–Trinajstić information content (AvgIpc) is 3.07. The van der Waals surface area contributed by atoms with Crippen molar-refractivity contribution in [3.8, 4) is 0 Å². The topological polar surface area (TPSA) is 64.6 Å². The Morgan fingerprint density at radius 3 is 2.25 bits per heavy atom. The van der Waals surface area contributed by atoms with E-state index in [0.29, 0.717) is 11.3 Å². The van der Waals surface area contributed by atoms with Gasteiger partial charge in [0.25, 0.3) is 0 Å². The summed E-state index contributed by atoms with van der Waals surface area (Å²) >= 11 is 0. The third-order valence-electron chi connectivity index (χ3n) is 3.93. The van der Waals surface area contributed by atoms with Crippen LogP contribution in [0.15, 0.2) is 72.8 Å². The van der Waals surface area contributed by atoms with E-state index in [2.05, 4.69) is 5.32 Å². The minimum atomic E-state index is -1.37. The molecule has 0 aliphatic carbocycles. The molecule has 1 N–H and O–H groups in total. The van der Waals surface area contributed by atoms with Crippen molar-refractivity contribution >= 4 is 17.6 Å². The van der Waals surface area contributed by atoms with Gasteiger partial charge in [0.2, 0.25) is 5.54 Å². The maximum absolute atomic E-state index is 12.8. The van der Waals surface area contributed by atoms with E-state index in [1.54, 1.807) is 18.2 Å². The van der Waals surface area contributed by atoms with Crippen molar-refractivity contribution in [3.05, 3.63) is 78.4 Å². The second-order valence-corrected chi connectivity index (χ2v) is 5.37. The molecule has 0 aromatic heterocycles. The van der Waals surface area contributed by atoms with Crippen LogP contribution in [0.25, 0.3) is 0 Å². The first-order valence-corrected chi connectivity index (χ1v) is 7.53. The van der Waals surface area contributed by atoms with Crippen molar-refractivity contribution in [1.82, 2.24) is 0 Å². The highest BCUT2D eigenvalue weighted by molar-refractivity contribution is 5.91. The van der Waals surface area contributed by atoms with Gasteiger partial charge in [0.15, 0.2) is 6.10 Å². The lowest BCUT2D eigenvalue weighted by atomic mass is 9.83. The van der Waals surface area contributed by atoms with Crippen LogP contribution in [0.1, 0.15) is 5.56 Å². The Kier molecular flexibility index (Phi) is 4.33. The van der Waals surface area contributed by atoms with E-state index in [1.807, 2.05) is 48.5 Å². The summed E-state index contributed by atoms with van der Waals surface area (Å²) in [5, 5.41) is 3.22. The first-order chi connectivity index (χ1) is 11.7. The lowest BCUT2D eigenvalue weighted by Crippen LogP contribution is -2.53. The number of hydrogen-bond acceptors (Lipinski definition) is 5. The average molecular weight is 323 g/mol. The van der Waals surface area contributed by atoms with E-state index in [-0.39, 0.29) is 0 Å². The van der Waals surface area contributed by atoms with Gasteiger partial charge in [-0.1, -0.05) is 48.5 Å². The van der Waals surface area contributed by atoms with Crippen molar-refractivity contribution in [1.29, 1.82) is 0 Å². The minimum absolute atomic E-state index is 0.487. The molecule has 0 spiro atoms. The number of benzene rings is 2.